The quantitative estimate of drug-likeness (QED) is 0.820. The van der Waals surface area contributed by atoms with Crippen LogP contribution in [0.25, 0.3) is 0 Å². The van der Waals surface area contributed by atoms with Crippen molar-refractivity contribution in [3.05, 3.63) is 53.6 Å². The van der Waals surface area contributed by atoms with E-state index in [2.05, 4.69) is 5.32 Å². The molecule has 2 aromatic rings. The molecule has 0 unspecified atom stereocenters. The van der Waals surface area contributed by atoms with Crippen LogP contribution in [-0.4, -0.2) is 6.10 Å². The molecule has 0 aliphatic rings. The molecule has 2 aromatic carbocycles. The minimum Gasteiger partial charge on any atom is -0.491 e. The van der Waals surface area contributed by atoms with Crippen LogP contribution in [-0.2, 0) is 6.54 Å². The van der Waals surface area contributed by atoms with Gasteiger partial charge in [0.2, 0.25) is 0 Å². The van der Waals surface area contributed by atoms with Crippen molar-refractivity contribution in [3.63, 3.8) is 0 Å². The molecule has 112 valence electrons. The van der Waals surface area contributed by atoms with Gasteiger partial charge in [0.25, 0.3) is 0 Å². The van der Waals surface area contributed by atoms with Gasteiger partial charge >= 0.3 is 0 Å². The van der Waals surface area contributed by atoms with Crippen LogP contribution in [0.15, 0.2) is 36.4 Å². The lowest BCUT2D eigenvalue weighted by Crippen LogP contribution is -2.07. The van der Waals surface area contributed by atoms with Gasteiger partial charge in [0.15, 0.2) is 0 Å². The Balaban J connectivity index is 2.12. The number of ether oxygens (including phenoxy) is 1. The molecule has 0 spiro atoms. The molecule has 0 radical (unpaired) electrons. The van der Waals surface area contributed by atoms with Crippen LogP contribution in [0.2, 0.25) is 0 Å². The topological polar surface area (TPSA) is 47.3 Å². The number of benzene rings is 2. The Morgan fingerprint density at radius 1 is 1.14 bits per heavy atom. The largest absolute Gasteiger partial charge is 0.491 e. The molecule has 3 N–H and O–H groups in total. The lowest BCUT2D eigenvalue weighted by atomic mass is 10.2. The van der Waals surface area contributed by atoms with Crippen molar-refractivity contribution >= 4 is 11.4 Å². The minimum atomic E-state index is -0.468. The van der Waals surface area contributed by atoms with E-state index in [9.17, 15) is 8.78 Å². The first-order valence-corrected chi connectivity index (χ1v) is 6.69. The van der Waals surface area contributed by atoms with Gasteiger partial charge in [0.1, 0.15) is 17.4 Å². The monoisotopic (exact) mass is 292 g/mol. The SMILES string of the molecule is CC(C)Oc1cc(N)cc(NCc2cc(F)ccc2F)c1. The number of halogens is 2. The summed E-state index contributed by atoms with van der Waals surface area (Å²) in [7, 11) is 0. The molecule has 0 atom stereocenters. The third-order valence-electron chi connectivity index (χ3n) is 2.79. The third kappa shape index (κ3) is 4.34. The molecular formula is C16H18F2N2O. The second-order valence-electron chi connectivity index (χ2n) is 5.05. The van der Waals surface area contributed by atoms with E-state index in [-0.39, 0.29) is 18.2 Å². The van der Waals surface area contributed by atoms with Crippen molar-refractivity contribution < 1.29 is 13.5 Å². The van der Waals surface area contributed by atoms with E-state index in [0.29, 0.717) is 17.1 Å². The normalized spacial score (nSPS) is 10.7. The maximum Gasteiger partial charge on any atom is 0.128 e. The maximum atomic E-state index is 13.5. The summed E-state index contributed by atoms with van der Waals surface area (Å²) in [6.45, 7) is 3.99. The number of nitrogen functional groups attached to an aromatic ring is 1. The lowest BCUT2D eigenvalue weighted by Gasteiger charge is -2.13. The first-order valence-electron chi connectivity index (χ1n) is 6.69. The van der Waals surface area contributed by atoms with Crippen LogP contribution in [0.4, 0.5) is 20.2 Å². The van der Waals surface area contributed by atoms with Gasteiger partial charge in [-0.05, 0) is 38.1 Å². The van der Waals surface area contributed by atoms with Crippen molar-refractivity contribution in [1.29, 1.82) is 0 Å². The first kappa shape index (κ1) is 15.1. The molecule has 0 fully saturated rings. The summed E-state index contributed by atoms with van der Waals surface area (Å²) in [5.74, 6) is -0.289. The highest BCUT2D eigenvalue weighted by Gasteiger charge is 2.06. The summed E-state index contributed by atoms with van der Waals surface area (Å²) in [5, 5.41) is 3.02. The number of nitrogens with two attached hydrogens (primary N) is 1. The van der Waals surface area contributed by atoms with E-state index in [1.807, 2.05) is 13.8 Å². The van der Waals surface area contributed by atoms with E-state index < -0.39 is 11.6 Å². The second-order valence-corrected chi connectivity index (χ2v) is 5.05. The molecule has 0 bridgehead atoms. The zero-order chi connectivity index (χ0) is 15.4. The van der Waals surface area contributed by atoms with Crippen molar-refractivity contribution in [2.45, 2.75) is 26.5 Å². The van der Waals surface area contributed by atoms with Gasteiger partial charge in [-0.15, -0.1) is 0 Å². The van der Waals surface area contributed by atoms with E-state index >= 15 is 0 Å². The van der Waals surface area contributed by atoms with Gasteiger partial charge in [-0.25, -0.2) is 8.78 Å². The van der Waals surface area contributed by atoms with Crippen LogP contribution < -0.4 is 15.8 Å². The zero-order valence-corrected chi connectivity index (χ0v) is 12.0. The fraction of sp³-hybridized carbons (Fsp3) is 0.250. The highest BCUT2D eigenvalue weighted by molar-refractivity contribution is 5.59. The van der Waals surface area contributed by atoms with Gasteiger partial charge in [0, 0.05) is 35.6 Å². The van der Waals surface area contributed by atoms with E-state index in [1.165, 1.54) is 6.07 Å². The third-order valence-corrected chi connectivity index (χ3v) is 2.79. The van der Waals surface area contributed by atoms with Crippen LogP contribution >= 0.6 is 0 Å². The van der Waals surface area contributed by atoms with Crippen LogP contribution in [0, 0.1) is 11.6 Å². The summed E-state index contributed by atoms with van der Waals surface area (Å²) in [6.07, 6.45) is 0.0281. The van der Waals surface area contributed by atoms with Crippen molar-refractivity contribution in [2.24, 2.45) is 0 Å². The number of anilines is 2. The lowest BCUT2D eigenvalue weighted by molar-refractivity contribution is 0.242. The summed E-state index contributed by atoms with van der Waals surface area (Å²) in [6, 6.07) is 8.57. The Hall–Kier alpha value is -2.30. The predicted octanol–water partition coefficient (Wildman–Crippen LogP) is 3.95. The van der Waals surface area contributed by atoms with Gasteiger partial charge < -0.3 is 15.8 Å². The van der Waals surface area contributed by atoms with Crippen LogP contribution in [0.5, 0.6) is 5.75 Å². The molecule has 0 saturated heterocycles. The Morgan fingerprint density at radius 3 is 2.62 bits per heavy atom. The fourth-order valence-corrected chi connectivity index (χ4v) is 1.94. The zero-order valence-electron chi connectivity index (χ0n) is 12.0. The molecule has 3 nitrogen and oxygen atoms in total. The molecule has 0 aliphatic carbocycles. The summed E-state index contributed by atoms with van der Waals surface area (Å²) < 4.78 is 32.2. The van der Waals surface area contributed by atoms with Gasteiger partial charge in [0.05, 0.1) is 6.10 Å². The molecule has 2 rings (SSSR count). The van der Waals surface area contributed by atoms with Gasteiger partial charge in [-0.2, -0.15) is 0 Å². The Bertz CT molecular complexity index is 630. The van der Waals surface area contributed by atoms with E-state index in [4.69, 9.17) is 10.5 Å². The van der Waals surface area contributed by atoms with Gasteiger partial charge in [-0.1, -0.05) is 0 Å². The number of rotatable bonds is 5. The van der Waals surface area contributed by atoms with Gasteiger partial charge in [-0.3, -0.25) is 0 Å². The highest BCUT2D eigenvalue weighted by Crippen LogP contribution is 2.24. The van der Waals surface area contributed by atoms with E-state index in [1.54, 1.807) is 18.2 Å². The Morgan fingerprint density at radius 2 is 1.90 bits per heavy atom. The summed E-state index contributed by atoms with van der Waals surface area (Å²) in [4.78, 5) is 0. The molecule has 0 saturated carbocycles. The average molecular weight is 292 g/mol. The smallest absolute Gasteiger partial charge is 0.128 e. The number of nitrogens with one attached hydrogen (secondary N) is 1. The molecule has 0 heterocycles. The van der Waals surface area contributed by atoms with Crippen LogP contribution in [0.1, 0.15) is 19.4 Å². The summed E-state index contributed by atoms with van der Waals surface area (Å²) in [5.41, 5.74) is 7.28. The first-order chi connectivity index (χ1) is 9.94. The molecule has 0 amide bonds. The van der Waals surface area contributed by atoms with Crippen molar-refractivity contribution in [3.8, 4) is 5.75 Å². The second kappa shape index (κ2) is 6.43. The van der Waals surface area contributed by atoms with E-state index in [0.717, 1.165) is 12.1 Å². The molecule has 0 aromatic heterocycles. The fourth-order valence-electron chi connectivity index (χ4n) is 1.94. The molecule has 5 heteroatoms. The molecule has 0 aliphatic heterocycles. The predicted molar refractivity (Wildman–Crippen MR) is 80.3 cm³/mol. The minimum absolute atomic E-state index is 0.0281. The Kier molecular flexibility index (Phi) is 4.62. The van der Waals surface area contributed by atoms with Crippen LogP contribution in [0.3, 0.4) is 0 Å². The maximum absolute atomic E-state index is 13.5. The van der Waals surface area contributed by atoms with Crippen molar-refractivity contribution in [2.75, 3.05) is 11.1 Å². The number of hydrogen-bond acceptors (Lipinski definition) is 3. The standard InChI is InChI=1S/C16H18F2N2O/c1-10(2)21-15-7-13(19)6-14(8-15)20-9-11-5-12(17)3-4-16(11)18/h3-8,10,20H,9,19H2,1-2H3. The highest BCUT2D eigenvalue weighted by atomic mass is 19.1. The molecule has 21 heavy (non-hydrogen) atoms. The summed E-state index contributed by atoms with van der Waals surface area (Å²) >= 11 is 0. The number of hydrogen-bond donors (Lipinski definition) is 2. The molecular weight excluding hydrogens is 274 g/mol. The Labute approximate surface area is 122 Å². The average Bonchev–Trinajstić information content (AvgIpc) is 2.38. The van der Waals surface area contributed by atoms with Crippen molar-refractivity contribution in [1.82, 2.24) is 0 Å².